The van der Waals surface area contributed by atoms with E-state index < -0.39 is 16.0 Å². The van der Waals surface area contributed by atoms with Gasteiger partial charge in [-0.1, -0.05) is 0 Å². The fourth-order valence-corrected chi connectivity index (χ4v) is 4.95. The van der Waals surface area contributed by atoms with Crippen molar-refractivity contribution in [3.05, 3.63) is 54.1 Å². The van der Waals surface area contributed by atoms with E-state index in [9.17, 15) is 18.3 Å². The maximum atomic E-state index is 13.0. The molecule has 2 aromatic carbocycles. The summed E-state index contributed by atoms with van der Waals surface area (Å²) in [6.07, 6.45) is 0. The Labute approximate surface area is 180 Å². The number of carboxylic acid groups (broad SMARTS) is 1. The molecule has 9 heteroatoms. The number of carbonyl (C=O) groups is 1. The second-order valence-corrected chi connectivity index (χ2v) is 8.95. The molecule has 2 heterocycles. The highest BCUT2D eigenvalue weighted by Crippen LogP contribution is 2.29. The molecule has 0 atom stereocenters. The molecule has 0 saturated carbocycles. The minimum Gasteiger partial charge on any atom is -0.494 e. The Morgan fingerprint density at radius 2 is 1.84 bits per heavy atom. The van der Waals surface area contributed by atoms with Crippen molar-refractivity contribution in [2.24, 2.45) is 0 Å². The standard InChI is InChI=1S/C22H22N2O6S/c1-2-30-16-5-3-15(4-6-16)21-14-19(22(25)26)18-13-17(7-8-20(18)23-21)31(27,28)24-9-11-29-12-10-24/h3-8,13-14H,2,9-12H2,1H3,(H,25,26). The van der Waals surface area contributed by atoms with Gasteiger partial charge in [0.15, 0.2) is 0 Å². The van der Waals surface area contributed by atoms with Crippen LogP contribution in [0.15, 0.2) is 53.4 Å². The number of aromatic carboxylic acids is 1. The van der Waals surface area contributed by atoms with Gasteiger partial charge in [-0.25, -0.2) is 18.2 Å². The maximum absolute atomic E-state index is 13.0. The normalized spacial score (nSPS) is 15.1. The van der Waals surface area contributed by atoms with E-state index in [1.807, 2.05) is 19.1 Å². The fourth-order valence-electron chi connectivity index (χ4n) is 3.51. The van der Waals surface area contributed by atoms with E-state index in [2.05, 4.69) is 4.98 Å². The topological polar surface area (TPSA) is 106 Å². The average molecular weight is 442 g/mol. The van der Waals surface area contributed by atoms with E-state index in [1.54, 1.807) is 18.2 Å². The molecular weight excluding hydrogens is 420 g/mol. The molecule has 1 N–H and O–H groups in total. The van der Waals surface area contributed by atoms with Crippen LogP contribution in [0, 0.1) is 0 Å². The van der Waals surface area contributed by atoms with Crippen molar-refractivity contribution in [2.75, 3.05) is 32.9 Å². The van der Waals surface area contributed by atoms with E-state index in [0.717, 1.165) is 5.56 Å². The molecule has 1 fully saturated rings. The van der Waals surface area contributed by atoms with Crippen LogP contribution < -0.4 is 4.74 Å². The summed E-state index contributed by atoms with van der Waals surface area (Å²) in [5, 5.41) is 10.1. The number of nitrogens with zero attached hydrogens (tertiary/aromatic N) is 2. The lowest BCUT2D eigenvalue weighted by Crippen LogP contribution is -2.40. The van der Waals surface area contributed by atoms with Gasteiger partial charge in [0.1, 0.15) is 5.75 Å². The van der Waals surface area contributed by atoms with Crippen LogP contribution in [-0.2, 0) is 14.8 Å². The third-order valence-corrected chi connectivity index (χ3v) is 6.97. The first-order valence-corrected chi connectivity index (χ1v) is 11.3. The molecule has 0 bridgehead atoms. The van der Waals surface area contributed by atoms with Crippen molar-refractivity contribution in [3.63, 3.8) is 0 Å². The fraction of sp³-hybridized carbons (Fsp3) is 0.273. The predicted molar refractivity (Wildman–Crippen MR) is 115 cm³/mol. The lowest BCUT2D eigenvalue weighted by atomic mass is 10.0. The number of rotatable bonds is 6. The quantitative estimate of drug-likeness (QED) is 0.625. The number of sulfonamides is 1. The van der Waals surface area contributed by atoms with Crippen molar-refractivity contribution in [2.45, 2.75) is 11.8 Å². The van der Waals surface area contributed by atoms with E-state index >= 15 is 0 Å². The lowest BCUT2D eigenvalue weighted by Gasteiger charge is -2.26. The molecule has 1 saturated heterocycles. The molecule has 8 nitrogen and oxygen atoms in total. The second kappa shape index (κ2) is 8.62. The average Bonchev–Trinajstić information content (AvgIpc) is 2.79. The minimum atomic E-state index is -3.75. The lowest BCUT2D eigenvalue weighted by molar-refractivity contribution is 0.0699. The van der Waals surface area contributed by atoms with Crippen molar-refractivity contribution in [1.29, 1.82) is 0 Å². The smallest absolute Gasteiger partial charge is 0.336 e. The SMILES string of the molecule is CCOc1ccc(-c2cc(C(=O)O)c3cc(S(=O)(=O)N4CCOCC4)ccc3n2)cc1. The summed E-state index contributed by atoms with van der Waals surface area (Å²) in [7, 11) is -3.75. The highest BCUT2D eigenvalue weighted by atomic mass is 32.2. The first-order valence-electron chi connectivity index (χ1n) is 9.89. The first-order chi connectivity index (χ1) is 14.9. The van der Waals surface area contributed by atoms with Gasteiger partial charge >= 0.3 is 5.97 Å². The van der Waals surface area contributed by atoms with Gasteiger partial charge < -0.3 is 14.6 Å². The molecule has 0 amide bonds. The Morgan fingerprint density at radius 3 is 2.48 bits per heavy atom. The van der Waals surface area contributed by atoms with Gasteiger partial charge in [0.2, 0.25) is 10.0 Å². The Bertz CT molecular complexity index is 1220. The first kappa shape index (κ1) is 21.2. The molecule has 162 valence electrons. The van der Waals surface area contributed by atoms with Crippen LogP contribution in [0.4, 0.5) is 0 Å². The summed E-state index contributed by atoms with van der Waals surface area (Å²) < 4.78 is 38.0. The predicted octanol–water partition coefficient (Wildman–Crippen LogP) is 3.02. The molecule has 0 aliphatic carbocycles. The summed E-state index contributed by atoms with van der Waals surface area (Å²) >= 11 is 0. The molecule has 1 aromatic heterocycles. The summed E-state index contributed by atoms with van der Waals surface area (Å²) in [5.74, 6) is -0.441. The van der Waals surface area contributed by atoms with Gasteiger partial charge in [-0.05, 0) is 55.5 Å². The van der Waals surface area contributed by atoms with E-state index in [1.165, 1.54) is 22.5 Å². The van der Waals surface area contributed by atoms with Crippen LogP contribution in [0.25, 0.3) is 22.2 Å². The molecule has 1 aliphatic rings. The zero-order chi connectivity index (χ0) is 22.0. The van der Waals surface area contributed by atoms with Gasteiger partial charge in [0.25, 0.3) is 0 Å². The van der Waals surface area contributed by atoms with Crippen LogP contribution in [0.3, 0.4) is 0 Å². The number of ether oxygens (including phenoxy) is 2. The molecule has 4 rings (SSSR count). The third kappa shape index (κ3) is 4.25. The summed E-state index contributed by atoms with van der Waals surface area (Å²) in [6.45, 7) is 3.64. The number of pyridine rings is 1. The Morgan fingerprint density at radius 1 is 1.13 bits per heavy atom. The number of hydrogen-bond donors (Lipinski definition) is 1. The van der Waals surface area contributed by atoms with Crippen molar-refractivity contribution in [1.82, 2.24) is 9.29 Å². The van der Waals surface area contributed by atoms with Gasteiger partial charge in [0.05, 0.1) is 41.5 Å². The van der Waals surface area contributed by atoms with Gasteiger partial charge in [-0.15, -0.1) is 0 Å². The zero-order valence-electron chi connectivity index (χ0n) is 16.9. The number of aromatic nitrogens is 1. The highest BCUT2D eigenvalue weighted by Gasteiger charge is 2.27. The number of hydrogen-bond acceptors (Lipinski definition) is 6. The van der Waals surface area contributed by atoms with Gasteiger partial charge in [-0.2, -0.15) is 4.31 Å². The Hall–Kier alpha value is -3.01. The van der Waals surface area contributed by atoms with Crippen molar-refractivity contribution < 1.29 is 27.8 Å². The zero-order valence-corrected chi connectivity index (χ0v) is 17.8. The molecule has 3 aromatic rings. The van der Waals surface area contributed by atoms with Crippen LogP contribution >= 0.6 is 0 Å². The number of benzene rings is 2. The van der Waals surface area contributed by atoms with Crippen molar-refractivity contribution in [3.8, 4) is 17.0 Å². The van der Waals surface area contributed by atoms with E-state index in [4.69, 9.17) is 9.47 Å². The monoisotopic (exact) mass is 442 g/mol. The van der Waals surface area contributed by atoms with Crippen LogP contribution in [-0.4, -0.2) is 61.7 Å². The van der Waals surface area contributed by atoms with Gasteiger partial charge in [0, 0.05) is 24.0 Å². The maximum Gasteiger partial charge on any atom is 0.336 e. The summed E-state index contributed by atoms with van der Waals surface area (Å²) in [6, 6.07) is 13.1. The van der Waals surface area contributed by atoms with E-state index in [-0.39, 0.29) is 28.9 Å². The highest BCUT2D eigenvalue weighted by molar-refractivity contribution is 7.89. The van der Waals surface area contributed by atoms with E-state index in [0.29, 0.717) is 36.8 Å². The Balaban J connectivity index is 1.78. The summed E-state index contributed by atoms with van der Waals surface area (Å²) in [4.78, 5) is 16.6. The number of fused-ring (bicyclic) bond motifs is 1. The molecule has 0 unspecified atom stereocenters. The van der Waals surface area contributed by atoms with Crippen molar-refractivity contribution >= 4 is 26.9 Å². The van der Waals surface area contributed by atoms with Crippen LogP contribution in [0.2, 0.25) is 0 Å². The number of carboxylic acids is 1. The van der Waals surface area contributed by atoms with Gasteiger partial charge in [-0.3, -0.25) is 0 Å². The van der Waals surface area contributed by atoms with Crippen LogP contribution in [0.1, 0.15) is 17.3 Å². The molecular formula is C22H22N2O6S. The molecule has 0 radical (unpaired) electrons. The molecule has 0 spiro atoms. The summed E-state index contributed by atoms with van der Waals surface area (Å²) in [5.41, 5.74) is 1.62. The van der Waals surface area contributed by atoms with Crippen LogP contribution in [0.5, 0.6) is 5.75 Å². The Kier molecular flexibility index (Phi) is 5.90. The second-order valence-electron chi connectivity index (χ2n) is 7.01. The third-order valence-electron chi connectivity index (χ3n) is 5.08. The number of morpholine rings is 1. The molecule has 31 heavy (non-hydrogen) atoms. The molecule has 1 aliphatic heterocycles. The largest absolute Gasteiger partial charge is 0.494 e. The minimum absolute atomic E-state index is 0.00656.